The summed E-state index contributed by atoms with van der Waals surface area (Å²) >= 11 is 0. The molecular formula is C21H17F2N5O2. The molecule has 4 rings (SSSR count). The first-order valence-corrected chi connectivity index (χ1v) is 9.23. The van der Waals surface area contributed by atoms with Crippen LogP contribution in [0.4, 0.5) is 14.5 Å². The number of hydrogen-bond acceptors (Lipinski definition) is 4. The van der Waals surface area contributed by atoms with Gasteiger partial charge in [0.15, 0.2) is 5.69 Å². The van der Waals surface area contributed by atoms with Gasteiger partial charge in [-0.05, 0) is 42.8 Å². The molecule has 2 heterocycles. The number of aromatic nitrogens is 4. The highest BCUT2D eigenvalue weighted by atomic mass is 19.1. The van der Waals surface area contributed by atoms with E-state index < -0.39 is 17.2 Å². The molecule has 0 bridgehead atoms. The van der Waals surface area contributed by atoms with Crippen LogP contribution in [0.2, 0.25) is 0 Å². The summed E-state index contributed by atoms with van der Waals surface area (Å²) < 4.78 is 29.7. The SMILES string of the molecule is CCn1nc(C(=O)Nc2cnn(Cc3ccc(F)cc3)c2)c(=O)c2cc(F)ccc21. The number of fused-ring (bicyclic) bond motifs is 1. The summed E-state index contributed by atoms with van der Waals surface area (Å²) in [5.74, 6) is -1.61. The Labute approximate surface area is 169 Å². The van der Waals surface area contributed by atoms with Crippen molar-refractivity contribution in [2.45, 2.75) is 20.0 Å². The van der Waals surface area contributed by atoms with Gasteiger partial charge in [0.05, 0.1) is 29.3 Å². The molecule has 30 heavy (non-hydrogen) atoms. The predicted octanol–water partition coefficient (Wildman–Crippen LogP) is 3.19. The fourth-order valence-corrected chi connectivity index (χ4v) is 3.13. The second-order valence-corrected chi connectivity index (χ2v) is 6.66. The zero-order valence-corrected chi connectivity index (χ0v) is 16.0. The van der Waals surface area contributed by atoms with Crippen LogP contribution in [0, 0.1) is 11.6 Å². The molecule has 7 nitrogen and oxygen atoms in total. The minimum Gasteiger partial charge on any atom is -0.318 e. The molecule has 0 fully saturated rings. The summed E-state index contributed by atoms with van der Waals surface area (Å²) in [6, 6.07) is 9.79. The normalized spacial score (nSPS) is 11.0. The first-order valence-electron chi connectivity index (χ1n) is 9.23. The van der Waals surface area contributed by atoms with Gasteiger partial charge in [-0.15, -0.1) is 0 Å². The summed E-state index contributed by atoms with van der Waals surface area (Å²) in [7, 11) is 0. The summed E-state index contributed by atoms with van der Waals surface area (Å²) in [5, 5.41) is 11.0. The van der Waals surface area contributed by atoms with Crippen LogP contribution in [0.1, 0.15) is 23.0 Å². The Morgan fingerprint density at radius 3 is 2.57 bits per heavy atom. The Hall–Kier alpha value is -3.88. The van der Waals surface area contributed by atoms with Crippen LogP contribution in [0.25, 0.3) is 10.9 Å². The third-order valence-electron chi connectivity index (χ3n) is 4.58. The number of benzene rings is 2. The van der Waals surface area contributed by atoms with Crippen molar-refractivity contribution >= 4 is 22.5 Å². The molecule has 9 heteroatoms. The largest absolute Gasteiger partial charge is 0.318 e. The van der Waals surface area contributed by atoms with Gasteiger partial charge in [0, 0.05) is 12.7 Å². The molecule has 0 aliphatic rings. The first-order chi connectivity index (χ1) is 14.4. The average Bonchev–Trinajstić information content (AvgIpc) is 3.17. The lowest BCUT2D eigenvalue weighted by atomic mass is 10.2. The Morgan fingerprint density at radius 1 is 1.10 bits per heavy atom. The monoisotopic (exact) mass is 409 g/mol. The number of rotatable bonds is 5. The molecule has 0 saturated carbocycles. The third-order valence-corrected chi connectivity index (χ3v) is 4.58. The molecule has 0 atom stereocenters. The lowest BCUT2D eigenvalue weighted by molar-refractivity contribution is 0.101. The molecule has 0 saturated heterocycles. The van der Waals surface area contributed by atoms with Crippen LogP contribution in [0.5, 0.6) is 0 Å². The molecule has 1 amide bonds. The van der Waals surface area contributed by atoms with Crippen molar-refractivity contribution in [3.05, 3.63) is 88.0 Å². The lowest BCUT2D eigenvalue weighted by Crippen LogP contribution is -2.27. The summed E-state index contributed by atoms with van der Waals surface area (Å²) in [5.41, 5.74) is 0.673. The summed E-state index contributed by atoms with van der Waals surface area (Å²) in [6.45, 7) is 2.59. The predicted molar refractivity (Wildman–Crippen MR) is 107 cm³/mol. The van der Waals surface area contributed by atoms with E-state index in [0.29, 0.717) is 24.3 Å². The van der Waals surface area contributed by atoms with E-state index in [9.17, 15) is 18.4 Å². The van der Waals surface area contributed by atoms with Crippen molar-refractivity contribution in [3.8, 4) is 0 Å². The Balaban J connectivity index is 1.59. The number of nitrogens with zero attached hydrogens (tertiary/aromatic N) is 4. The lowest BCUT2D eigenvalue weighted by Gasteiger charge is -2.10. The number of carbonyl (C=O) groups excluding carboxylic acids is 1. The number of hydrogen-bond donors (Lipinski definition) is 1. The van der Waals surface area contributed by atoms with Crippen LogP contribution < -0.4 is 10.7 Å². The van der Waals surface area contributed by atoms with Gasteiger partial charge in [0.2, 0.25) is 5.43 Å². The molecular weight excluding hydrogens is 392 g/mol. The van der Waals surface area contributed by atoms with Crippen LogP contribution in [0.15, 0.2) is 59.7 Å². The maximum Gasteiger partial charge on any atom is 0.280 e. The highest BCUT2D eigenvalue weighted by molar-refractivity contribution is 6.04. The number of anilines is 1. The van der Waals surface area contributed by atoms with E-state index in [1.165, 1.54) is 35.1 Å². The molecule has 4 aromatic rings. The standard InChI is InChI=1S/C21H17F2N5O2/c1-2-28-18-8-7-15(23)9-17(18)20(29)19(26-28)21(30)25-16-10-24-27(12-16)11-13-3-5-14(22)6-4-13/h3-10,12H,2,11H2,1H3,(H,25,30). The maximum absolute atomic E-state index is 13.6. The van der Waals surface area contributed by atoms with Crippen LogP contribution in [-0.4, -0.2) is 25.5 Å². The van der Waals surface area contributed by atoms with E-state index in [-0.39, 0.29) is 16.9 Å². The van der Waals surface area contributed by atoms with Crippen molar-refractivity contribution in [1.29, 1.82) is 0 Å². The minimum atomic E-state index is -0.713. The number of carbonyl (C=O) groups is 1. The van der Waals surface area contributed by atoms with Gasteiger partial charge in [0.1, 0.15) is 11.6 Å². The van der Waals surface area contributed by atoms with Gasteiger partial charge in [-0.3, -0.25) is 19.0 Å². The highest BCUT2D eigenvalue weighted by Crippen LogP contribution is 2.14. The molecule has 0 spiro atoms. The van der Waals surface area contributed by atoms with Crippen molar-refractivity contribution < 1.29 is 13.6 Å². The average molecular weight is 409 g/mol. The first kappa shape index (κ1) is 19.4. The van der Waals surface area contributed by atoms with E-state index in [1.54, 1.807) is 29.9 Å². The molecule has 0 aliphatic carbocycles. The summed E-state index contributed by atoms with van der Waals surface area (Å²) in [4.78, 5) is 25.4. The number of halogens is 2. The van der Waals surface area contributed by atoms with Gasteiger partial charge in [-0.2, -0.15) is 10.2 Å². The second-order valence-electron chi connectivity index (χ2n) is 6.66. The zero-order chi connectivity index (χ0) is 21.3. The second kappa shape index (κ2) is 7.86. The van der Waals surface area contributed by atoms with Crippen molar-refractivity contribution in [2.24, 2.45) is 0 Å². The topological polar surface area (TPSA) is 81.8 Å². The Kier molecular flexibility index (Phi) is 5.09. The van der Waals surface area contributed by atoms with Crippen LogP contribution >= 0.6 is 0 Å². The van der Waals surface area contributed by atoms with Crippen molar-refractivity contribution in [2.75, 3.05) is 5.32 Å². The van der Waals surface area contributed by atoms with E-state index in [4.69, 9.17) is 0 Å². The number of amides is 1. The van der Waals surface area contributed by atoms with Gasteiger partial charge in [0.25, 0.3) is 5.91 Å². The molecule has 152 valence electrons. The van der Waals surface area contributed by atoms with E-state index in [0.717, 1.165) is 11.6 Å². The molecule has 2 aromatic carbocycles. The van der Waals surface area contributed by atoms with Crippen molar-refractivity contribution in [1.82, 2.24) is 19.6 Å². The number of nitrogens with one attached hydrogen (secondary N) is 1. The highest BCUT2D eigenvalue weighted by Gasteiger charge is 2.18. The van der Waals surface area contributed by atoms with Gasteiger partial charge >= 0.3 is 0 Å². The van der Waals surface area contributed by atoms with E-state index in [2.05, 4.69) is 15.5 Å². The molecule has 0 unspecified atom stereocenters. The van der Waals surface area contributed by atoms with Crippen LogP contribution in [-0.2, 0) is 13.1 Å². The van der Waals surface area contributed by atoms with Gasteiger partial charge in [-0.25, -0.2) is 8.78 Å². The Morgan fingerprint density at radius 2 is 1.83 bits per heavy atom. The molecule has 0 aliphatic heterocycles. The fourth-order valence-electron chi connectivity index (χ4n) is 3.13. The van der Waals surface area contributed by atoms with Crippen LogP contribution in [0.3, 0.4) is 0 Å². The maximum atomic E-state index is 13.6. The number of aryl methyl sites for hydroxylation is 1. The molecule has 2 aromatic heterocycles. The van der Waals surface area contributed by atoms with Gasteiger partial charge < -0.3 is 5.32 Å². The quantitative estimate of drug-likeness (QED) is 0.549. The van der Waals surface area contributed by atoms with Gasteiger partial charge in [-0.1, -0.05) is 12.1 Å². The third kappa shape index (κ3) is 3.82. The summed E-state index contributed by atoms with van der Waals surface area (Å²) in [6.07, 6.45) is 3.01. The fraction of sp³-hybridized carbons (Fsp3) is 0.143. The smallest absolute Gasteiger partial charge is 0.280 e. The Bertz CT molecular complexity index is 1300. The zero-order valence-electron chi connectivity index (χ0n) is 16.0. The molecule has 0 radical (unpaired) electrons. The minimum absolute atomic E-state index is 0.0870. The van der Waals surface area contributed by atoms with E-state index >= 15 is 0 Å². The van der Waals surface area contributed by atoms with Crippen molar-refractivity contribution in [3.63, 3.8) is 0 Å². The van der Waals surface area contributed by atoms with E-state index in [1.807, 2.05) is 0 Å². The molecule has 1 N–H and O–H groups in total.